The van der Waals surface area contributed by atoms with Gasteiger partial charge in [-0.1, -0.05) is 23.7 Å². The minimum atomic E-state index is -4.31. The van der Waals surface area contributed by atoms with E-state index >= 15 is 0 Å². The molecule has 1 unspecified atom stereocenters. The van der Waals surface area contributed by atoms with Crippen molar-refractivity contribution in [2.75, 3.05) is 16.8 Å². The van der Waals surface area contributed by atoms with E-state index in [0.717, 1.165) is 26.9 Å². The molecule has 3 aromatic rings. The summed E-state index contributed by atoms with van der Waals surface area (Å²) in [6.07, 6.45) is -0.223. The number of rotatable bonds is 9. The number of benzene rings is 3. The lowest BCUT2D eigenvalue weighted by Crippen LogP contribution is -2.46. The lowest BCUT2D eigenvalue weighted by molar-refractivity contribution is -0.122. The maximum absolute atomic E-state index is 13.8. The van der Waals surface area contributed by atoms with Crippen molar-refractivity contribution >= 4 is 60.7 Å². The maximum atomic E-state index is 13.8. The molecule has 1 fully saturated rings. The van der Waals surface area contributed by atoms with Gasteiger partial charge in [0.15, 0.2) is 0 Å². The van der Waals surface area contributed by atoms with Gasteiger partial charge in [0, 0.05) is 24.2 Å². The number of nitrogens with one attached hydrogen (secondary N) is 1. The van der Waals surface area contributed by atoms with Gasteiger partial charge in [-0.2, -0.15) is 4.31 Å². The van der Waals surface area contributed by atoms with Crippen molar-refractivity contribution < 1.29 is 31.2 Å². The molecular formula is C26H25ClN4O7S2. The van der Waals surface area contributed by atoms with Gasteiger partial charge in [0.25, 0.3) is 5.91 Å². The Bertz CT molecular complexity index is 1680. The van der Waals surface area contributed by atoms with Crippen LogP contribution in [0.3, 0.4) is 0 Å². The van der Waals surface area contributed by atoms with E-state index in [4.69, 9.17) is 16.7 Å². The summed E-state index contributed by atoms with van der Waals surface area (Å²) >= 11 is 6.08. The van der Waals surface area contributed by atoms with Gasteiger partial charge >= 0.3 is 0 Å². The van der Waals surface area contributed by atoms with Gasteiger partial charge in [0.05, 0.1) is 21.9 Å². The molecule has 0 aliphatic carbocycles. The van der Waals surface area contributed by atoms with E-state index in [-0.39, 0.29) is 34.4 Å². The number of carbonyl (C=O) groups excluding carboxylic acids is 3. The van der Waals surface area contributed by atoms with Crippen LogP contribution in [0.15, 0.2) is 82.6 Å². The molecule has 0 aromatic heterocycles. The van der Waals surface area contributed by atoms with Crippen molar-refractivity contribution in [2.45, 2.75) is 35.6 Å². The molecule has 1 saturated heterocycles. The number of nitrogens with two attached hydrogens (primary N) is 1. The molecule has 3 N–H and O–H groups in total. The van der Waals surface area contributed by atoms with Gasteiger partial charge in [-0.05, 0) is 72.6 Å². The molecule has 1 atom stereocenters. The molecule has 1 aliphatic heterocycles. The number of primary sulfonamides is 1. The summed E-state index contributed by atoms with van der Waals surface area (Å²) in [6, 6.07) is 15.7. The SMILES string of the molecule is CC(=O)Nc1ccc(S(=O)(=O)N(CCc2cccc(Cl)c2)C2CC(=O)N(c3ccc(S(N)(=O)=O)cc3)C2=O)cc1. The first-order valence-corrected chi connectivity index (χ1v) is 15.3. The van der Waals surface area contributed by atoms with Crippen LogP contribution in [-0.4, -0.2) is 51.4 Å². The highest BCUT2D eigenvalue weighted by Gasteiger charge is 2.46. The molecule has 40 heavy (non-hydrogen) atoms. The van der Waals surface area contributed by atoms with E-state index in [9.17, 15) is 31.2 Å². The highest BCUT2D eigenvalue weighted by Crippen LogP contribution is 2.30. The zero-order valence-electron chi connectivity index (χ0n) is 21.2. The second-order valence-electron chi connectivity index (χ2n) is 9.03. The standard InChI is InChI=1S/C26H25ClN4O7S2/c1-17(32)29-20-5-9-23(10-6-20)40(37,38)30(14-13-18-3-2-4-19(27)15-18)24-16-25(33)31(26(24)34)21-7-11-22(12-8-21)39(28,35)36/h2-12,15,24H,13-14,16H2,1H3,(H,29,32)(H2,28,35,36). The third-order valence-corrected chi connectivity index (χ3v) is 9.27. The predicted octanol–water partition coefficient (Wildman–Crippen LogP) is 2.51. The average molecular weight is 605 g/mol. The fourth-order valence-corrected chi connectivity index (χ4v) is 6.63. The molecule has 0 spiro atoms. The normalized spacial score (nSPS) is 16.0. The Morgan fingerprint density at radius 3 is 2.20 bits per heavy atom. The first-order chi connectivity index (χ1) is 18.8. The van der Waals surface area contributed by atoms with Crippen molar-refractivity contribution in [1.29, 1.82) is 0 Å². The van der Waals surface area contributed by atoms with E-state index < -0.39 is 44.3 Å². The lowest BCUT2D eigenvalue weighted by Gasteiger charge is -2.27. The smallest absolute Gasteiger partial charge is 0.252 e. The number of halogens is 1. The van der Waals surface area contributed by atoms with Crippen LogP contribution in [0.2, 0.25) is 5.02 Å². The summed E-state index contributed by atoms with van der Waals surface area (Å²) < 4.78 is 51.9. The number of anilines is 2. The molecule has 4 rings (SSSR count). The minimum Gasteiger partial charge on any atom is -0.326 e. The second-order valence-corrected chi connectivity index (χ2v) is 12.9. The summed E-state index contributed by atoms with van der Waals surface area (Å²) in [6.45, 7) is 1.18. The Morgan fingerprint density at radius 1 is 1.00 bits per heavy atom. The summed E-state index contributed by atoms with van der Waals surface area (Å²) in [4.78, 5) is 38.4. The summed E-state index contributed by atoms with van der Waals surface area (Å²) in [5.41, 5.74) is 1.19. The van der Waals surface area contributed by atoms with Crippen molar-refractivity contribution in [3.05, 3.63) is 83.4 Å². The van der Waals surface area contributed by atoms with Gasteiger partial charge in [0.2, 0.25) is 31.9 Å². The van der Waals surface area contributed by atoms with Gasteiger partial charge in [-0.25, -0.2) is 26.9 Å². The minimum absolute atomic E-state index is 0.0803. The predicted molar refractivity (Wildman–Crippen MR) is 149 cm³/mol. The van der Waals surface area contributed by atoms with E-state index in [0.29, 0.717) is 10.7 Å². The van der Waals surface area contributed by atoms with Gasteiger partial charge < -0.3 is 5.32 Å². The van der Waals surface area contributed by atoms with Crippen LogP contribution in [0.1, 0.15) is 18.9 Å². The Kier molecular flexibility index (Phi) is 8.42. The molecule has 3 amide bonds. The first-order valence-electron chi connectivity index (χ1n) is 11.9. The topological polar surface area (TPSA) is 164 Å². The van der Waals surface area contributed by atoms with Crippen LogP contribution in [0, 0.1) is 0 Å². The van der Waals surface area contributed by atoms with Crippen molar-refractivity contribution in [3.63, 3.8) is 0 Å². The Hall–Kier alpha value is -3.62. The number of imide groups is 1. The highest BCUT2D eigenvalue weighted by molar-refractivity contribution is 7.89. The number of sulfonamides is 2. The fraction of sp³-hybridized carbons (Fsp3) is 0.192. The van der Waals surface area contributed by atoms with Crippen LogP contribution in [0.4, 0.5) is 11.4 Å². The Balaban J connectivity index is 1.68. The quantitative estimate of drug-likeness (QED) is 0.354. The fourth-order valence-electron chi connectivity index (χ4n) is 4.32. The lowest BCUT2D eigenvalue weighted by atomic mass is 10.1. The molecule has 14 heteroatoms. The van der Waals surface area contributed by atoms with E-state index in [2.05, 4.69) is 5.32 Å². The van der Waals surface area contributed by atoms with Crippen molar-refractivity contribution in [1.82, 2.24) is 4.31 Å². The summed E-state index contributed by atoms with van der Waals surface area (Å²) in [5, 5.41) is 8.14. The largest absolute Gasteiger partial charge is 0.326 e. The molecule has 210 valence electrons. The number of amides is 3. The number of hydrogen-bond donors (Lipinski definition) is 2. The van der Waals surface area contributed by atoms with Gasteiger partial charge in [-0.3, -0.25) is 14.4 Å². The van der Waals surface area contributed by atoms with E-state index in [1.165, 1.54) is 43.3 Å². The number of hydrogen-bond acceptors (Lipinski definition) is 7. The molecule has 1 heterocycles. The zero-order valence-corrected chi connectivity index (χ0v) is 23.5. The highest BCUT2D eigenvalue weighted by atomic mass is 35.5. The molecule has 1 aliphatic rings. The van der Waals surface area contributed by atoms with Crippen LogP contribution < -0.4 is 15.4 Å². The molecule has 0 saturated carbocycles. The molecule has 11 nitrogen and oxygen atoms in total. The Labute approximate surface area is 236 Å². The second kappa shape index (κ2) is 11.5. The number of nitrogens with zero attached hydrogens (tertiary/aromatic N) is 2. The zero-order chi connectivity index (χ0) is 29.2. The molecule has 3 aromatic carbocycles. The third-order valence-electron chi connectivity index (χ3n) is 6.19. The van der Waals surface area contributed by atoms with Crippen LogP contribution in [0.25, 0.3) is 0 Å². The Morgan fingerprint density at radius 2 is 1.62 bits per heavy atom. The third kappa shape index (κ3) is 6.40. The molecule has 0 bridgehead atoms. The maximum Gasteiger partial charge on any atom is 0.252 e. The van der Waals surface area contributed by atoms with Gasteiger partial charge in [-0.15, -0.1) is 0 Å². The van der Waals surface area contributed by atoms with E-state index in [1.54, 1.807) is 24.3 Å². The number of carbonyl (C=O) groups is 3. The molecule has 0 radical (unpaired) electrons. The first kappa shape index (κ1) is 29.4. The van der Waals surface area contributed by atoms with Gasteiger partial charge in [0.1, 0.15) is 6.04 Å². The van der Waals surface area contributed by atoms with E-state index in [1.807, 2.05) is 0 Å². The van der Waals surface area contributed by atoms with Crippen LogP contribution >= 0.6 is 11.6 Å². The summed E-state index contributed by atoms with van der Waals surface area (Å²) in [7, 11) is -8.31. The average Bonchev–Trinajstić information content (AvgIpc) is 3.17. The van der Waals surface area contributed by atoms with Crippen LogP contribution in [-0.2, 0) is 40.9 Å². The van der Waals surface area contributed by atoms with Crippen LogP contribution in [0.5, 0.6) is 0 Å². The monoisotopic (exact) mass is 604 g/mol. The summed E-state index contributed by atoms with van der Waals surface area (Å²) in [5.74, 6) is -1.76. The van der Waals surface area contributed by atoms with Crippen molar-refractivity contribution in [3.8, 4) is 0 Å². The molecular weight excluding hydrogens is 580 g/mol. The van der Waals surface area contributed by atoms with Crippen molar-refractivity contribution in [2.24, 2.45) is 5.14 Å².